The van der Waals surface area contributed by atoms with Crippen molar-refractivity contribution in [1.82, 2.24) is 14.9 Å². The van der Waals surface area contributed by atoms with E-state index in [-0.39, 0.29) is 5.91 Å². The van der Waals surface area contributed by atoms with Gasteiger partial charge in [-0.3, -0.25) is 4.79 Å². The molecule has 26 heavy (non-hydrogen) atoms. The molecule has 1 fully saturated rings. The quantitative estimate of drug-likeness (QED) is 0.886. The Hall–Kier alpha value is -2.54. The molecule has 1 saturated heterocycles. The Morgan fingerprint density at radius 3 is 2.54 bits per heavy atom. The molecule has 0 bridgehead atoms. The first kappa shape index (κ1) is 18.3. The maximum Gasteiger partial charge on any atom is 0.229 e. The van der Waals surface area contributed by atoms with Crippen LogP contribution < -0.4 is 15.0 Å². The van der Waals surface area contributed by atoms with Crippen molar-refractivity contribution in [1.29, 1.82) is 0 Å². The molecular weight excluding hydrogens is 354 g/mol. The fourth-order valence-electron chi connectivity index (χ4n) is 2.89. The van der Waals surface area contributed by atoms with E-state index in [2.05, 4.69) is 20.2 Å². The SMILES string of the molecule is COc1ccc(Nc2nc(C)cc(N3CCN(C(C)=O)CC3)n2)cc1Cl. The van der Waals surface area contributed by atoms with Gasteiger partial charge in [0.15, 0.2) is 0 Å². The van der Waals surface area contributed by atoms with E-state index in [4.69, 9.17) is 16.3 Å². The van der Waals surface area contributed by atoms with Crippen LogP contribution >= 0.6 is 11.6 Å². The number of anilines is 3. The van der Waals surface area contributed by atoms with Crippen LogP contribution in [0.25, 0.3) is 0 Å². The molecule has 8 heteroatoms. The van der Waals surface area contributed by atoms with Gasteiger partial charge in [-0.2, -0.15) is 4.98 Å². The summed E-state index contributed by atoms with van der Waals surface area (Å²) in [6.45, 7) is 6.45. The molecule has 3 rings (SSSR count). The molecule has 138 valence electrons. The minimum atomic E-state index is 0.113. The van der Waals surface area contributed by atoms with Crippen molar-refractivity contribution in [3.8, 4) is 5.75 Å². The molecule has 0 spiro atoms. The zero-order chi connectivity index (χ0) is 18.7. The van der Waals surface area contributed by atoms with Crippen molar-refractivity contribution in [2.75, 3.05) is 43.5 Å². The standard InChI is InChI=1S/C18H22ClN5O2/c1-12-10-17(24-8-6-23(7-9-24)13(2)25)22-18(20-12)21-14-4-5-16(26-3)15(19)11-14/h4-5,10-11H,6-9H2,1-3H3,(H,20,21,22). The number of halogens is 1. The number of nitrogens with one attached hydrogen (secondary N) is 1. The highest BCUT2D eigenvalue weighted by Crippen LogP contribution is 2.28. The van der Waals surface area contributed by atoms with E-state index in [1.165, 1.54) is 0 Å². The van der Waals surface area contributed by atoms with Crippen LogP contribution in [0.3, 0.4) is 0 Å². The molecule has 1 aromatic carbocycles. The highest BCUT2D eigenvalue weighted by atomic mass is 35.5. The highest BCUT2D eigenvalue weighted by molar-refractivity contribution is 6.32. The van der Waals surface area contributed by atoms with E-state index in [1.807, 2.05) is 24.0 Å². The van der Waals surface area contributed by atoms with Crippen molar-refractivity contribution in [2.45, 2.75) is 13.8 Å². The van der Waals surface area contributed by atoms with Crippen LogP contribution in [0.15, 0.2) is 24.3 Å². The molecule has 1 amide bonds. The van der Waals surface area contributed by atoms with Gasteiger partial charge < -0.3 is 19.9 Å². The Morgan fingerprint density at radius 1 is 1.19 bits per heavy atom. The van der Waals surface area contributed by atoms with Gasteiger partial charge in [-0.15, -0.1) is 0 Å². The average Bonchev–Trinajstić information content (AvgIpc) is 2.61. The molecular formula is C18H22ClN5O2. The minimum absolute atomic E-state index is 0.113. The number of nitrogens with zero attached hydrogens (tertiary/aromatic N) is 4. The first-order valence-corrected chi connectivity index (χ1v) is 8.81. The molecule has 2 heterocycles. The summed E-state index contributed by atoms with van der Waals surface area (Å²) in [6.07, 6.45) is 0. The second kappa shape index (κ2) is 7.78. The zero-order valence-electron chi connectivity index (χ0n) is 15.1. The normalized spacial score (nSPS) is 14.3. The van der Waals surface area contributed by atoms with Crippen LogP contribution in [0.4, 0.5) is 17.5 Å². The lowest BCUT2D eigenvalue weighted by Crippen LogP contribution is -2.48. The minimum Gasteiger partial charge on any atom is -0.495 e. The fraction of sp³-hybridized carbons (Fsp3) is 0.389. The predicted molar refractivity (Wildman–Crippen MR) is 103 cm³/mol. The van der Waals surface area contributed by atoms with Crippen LogP contribution in [-0.4, -0.2) is 54.1 Å². The number of hydrogen-bond donors (Lipinski definition) is 1. The summed E-state index contributed by atoms with van der Waals surface area (Å²) in [4.78, 5) is 24.6. The molecule has 1 aliphatic heterocycles. The number of ether oxygens (including phenoxy) is 1. The third kappa shape index (κ3) is 4.16. The third-order valence-electron chi connectivity index (χ3n) is 4.30. The van der Waals surface area contributed by atoms with Gasteiger partial charge in [-0.1, -0.05) is 11.6 Å². The first-order chi connectivity index (χ1) is 12.5. The van der Waals surface area contributed by atoms with Gasteiger partial charge in [0.1, 0.15) is 11.6 Å². The maximum absolute atomic E-state index is 11.5. The Labute approximate surface area is 157 Å². The molecule has 0 saturated carbocycles. The van der Waals surface area contributed by atoms with E-state index >= 15 is 0 Å². The zero-order valence-corrected chi connectivity index (χ0v) is 15.9. The second-order valence-corrected chi connectivity index (χ2v) is 6.57. The Kier molecular flexibility index (Phi) is 5.46. The second-order valence-electron chi connectivity index (χ2n) is 6.16. The Bertz CT molecular complexity index is 806. The van der Waals surface area contributed by atoms with Crippen molar-refractivity contribution in [3.05, 3.63) is 35.0 Å². The molecule has 1 aromatic heterocycles. The van der Waals surface area contributed by atoms with Gasteiger partial charge in [0.05, 0.1) is 12.1 Å². The van der Waals surface area contributed by atoms with Gasteiger partial charge in [0.2, 0.25) is 11.9 Å². The molecule has 2 aromatic rings. The van der Waals surface area contributed by atoms with E-state index in [1.54, 1.807) is 26.2 Å². The lowest BCUT2D eigenvalue weighted by molar-refractivity contribution is -0.129. The van der Waals surface area contributed by atoms with Crippen molar-refractivity contribution in [3.63, 3.8) is 0 Å². The summed E-state index contributed by atoms with van der Waals surface area (Å²) in [5.74, 6) is 2.09. The van der Waals surface area contributed by atoms with Crippen molar-refractivity contribution >= 4 is 35.0 Å². The smallest absolute Gasteiger partial charge is 0.229 e. The first-order valence-electron chi connectivity index (χ1n) is 8.43. The van der Waals surface area contributed by atoms with Gasteiger partial charge in [0.25, 0.3) is 0 Å². The van der Waals surface area contributed by atoms with Crippen LogP contribution in [0.1, 0.15) is 12.6 Å². The average molecular weight is 376 g/mol. The summed E-state index contributed by atoms with van der Waals surface area (Å²) in [7, 11) is 1.58. The fourth-order valence-corrected chi connectivity index (χ4v) is 3.15. The summed E-state index contributed by atoms with van der Waals surface area (Å²) in [5.41, 5.74) is 1.65. The number of hydrogen-bond acceptors (Lipinski definition) is 6. The van der Waals surface area contributed by atoms with Crippen molar-refractivity contribution < 1.29 is 9.53 Å². The third-order valence-corrected chi connectivity index (χ3v) is 4.59. The number of carbonyl (C=O) groups is 1. The summed E-state index contributed by atoms with van der Waals surface area (Å²) in [5, 5.41) is 3.71. The Balaban J connectivity index is 1.76. The van der Waals surface area contributed by atoms with Crippen LogP contribution in [0.2, 0.25) is 5.02 Å². The number of aromatic nitrogens is 2. The lowest BCUT2D eigenvalue weighted by atomic mass is 10.3. The summed E-state index contributed by atoms with van der Waals surface area (Å²) < 4.78 is 5.17. The van der Waals surface area contributed by atoms with Gasteiger partial charge in [-0.25, -0.2) is 4.98 Å². The molecule has 0 radical (unpaired) electrons. The van der Waals surface area contributed by atoms with Gasteiger partial charge in [0, 0.05) is 50.6 Å². The molecule has 1 aliphatic rings. The lowest BCUT2D eigenvalue weighted by Gasteiger charge is -2.35. The van der Waals surface area contributed by atoms with Crippen molar-refractivity contribution in [2.24, 2.45) is 0 Å². The summed E-state index contributed by atoms with van der Waals surface area (Å²) >= 11 is 6.17. The highest BCUT2D eigenvalue weighted by Gasteiger charge is 2.20. The predicted octanol–water partition coefficient (Wildman–Crippen LogP) is 2.86. The molecule has 0 unspecified atom stereocenters. The van der Waals surface area contributed by atoms with Crippen LogP contribution in [-0.2, 0) is 4.79 Å². The van der Waals surface area contributed by atoms with E-state index in [9.17, 15) is 4.79 Å². The van der Waals surface area contributed by atoms with Crippen LogP contribution in [0, 0.1) is 6.92 Å². The van der Waals surface area contributed by atoms with Crippen LogP contribution in [0.5, 0.6) is 5.75 Å². The topological polar surface area (TPSA) is 70.6 Å². The number of benzene rings is 1. The number of methoxy groups -OCH3 is 1. The maximum atomic E-state index is 11.5. The number of piperazine rings is 1. The molecule has 7 nitrogen and oxygen atoms in total. The Morgan fingerprint density at radius 2 is 1.92 bits per heavy atom. The van der Waals surface area contributed by atoms with E-state index in [0.717, 1.165) is 30.3 Å². The molecule has 0 atom stereocenters. The number of aryl methyl sites for hydroxylation is 1. The van der Waals surface area contributed by atoms with E-state index < -0.39 is 0 Å². The number of carbonyl (C=O) groups excluding carboxylic acids is 1. The largest absolute Gasteiger partial charge is 0.495 e. The number of amides is 1. The summed E-state index contributed by atoms with van der Waals surface area (Å²) in [6, 6.07) is 7.39. The van der Waals surface area contributed by atoms with E-state index in [0.29, 0.717) is 29.8 Å². The van der Waals surface area contributed by atoms with Gasteiger partial charge >= 0.3 is 0 Å². The number of rotatable bonds is 4. The molecule has 0 aliphatic carbocycles. The monoisotopic (exact) mass is 375 g/mol. The van der Waals surface area contributed by atoms with Gasteiger partial charge in [-0.05, 0) is 25.1 Å². The molecule has 1 N–H and O–H groups in total.